The third-order valence-electron chi connectivity index (χ3n) is 6.86. The zero-order chi connectivity index (χ0) is 21.6. The van der Waals surface area contributed by atoms with E-state index in [2.05, 4.69) is 4.90 Å². The highest BCUT2D eigenvalue weighted by Gasteiger charge is 2.47. The first-order chi connectivity index (χ1) is 14.2. The molecule has 0 aliphatic carbocycles. The molecule has 0 spiro atoms. The molecule has 168 valence electrons. The molecule has 1 aromatic carbocycles. The third kappa shape index (κ3) is 4.02. The molecule has 0 radical (unpaired) electrons. The smallest absolute Gasteiger partial charge is 0.216 e. The number of ether oxygens (including phenoxy) is 1. The van der Waals surface area contributed by atoms with Gasteiger partial charge < -0.3 is 10.5 Å². The molecule has 0 aromatic heterocycles. The van der Waals surface area contributed by atoms with Gasteiger partial charge in [0.1, 0.15) is 17.7 Å². The van der Waals surface area contributed by atoms with Gasteiger partial charge in [-0.2, -0.15) is 4.31 Å². The van der Waals surface area contributed by atoms with Crippen molar-refractivity contribution in [2.75, 3.05) is 26.2 Å². The van der Waals surface area contributed by atoms with E-state index in [1.807, 2.05) is 0 Å². The lowest BCUT2D eigenvalue weighted by Gasteiger charge is -2.39. The van der Waals surface area contributed by atoms with Crippen molar-refractivity contribution in [3.8, 4) is 0 Å². The Morgan fingerprint density at radius 2 is 2.00 bits per heavy atom. The summed E-state index contributed by atoms with van der Waals surface area (Å²) in [5, 5.41) is -0.432. The van der Waals surface area contributed by atoms with E-state index in [0.717, 1.165) is 37.6 Å². The number of benzene rings is 1. The first-order valence-electron chi connectivity index (χ1n) is 10.7. The van der Waals surface area contributed by atoms with Gasteiger partial charge in [0.25, 0.3) is 0 Å². The average molecular weight is 444 g/mol. The van der Waals surface area contributed by atoms with E-state index < -0.39 is 39.1 Å². The lowest BCUT2D eigenvalue weighted by molar-refractivity contribution is -0.0480. The molecule has 2 N–H and O–H groups in total. The average Bonchev–Trinajstić information content (AvgIpc) is 3.14. The lowest BCUT2D eigenvalue weighted by atomic mass is 9.93. The highest BCUT2D eigenvalue weighted by atomic mass is 32.2. The van der Waals surface area contributed by atoms with Crippen molar-refractivity contribution in [1.29, 1.82) is 0 Å². The fraction of sp³-hybridized carbons (Fsp3) is 0.714. The van der Waals surface area contributed by atoms with Crippen LogP contribution in [0.3, 0.4) is 0 Å². The summed E-state index contributed by atoms with van der Waals surface area (Å²) in [5.41, 5.74) is 6.48. The van der Waals surface area contributed by atoms with Crippen LogP contribution in [0.2, 0.25) is 0 Å². The Labute approximate surface area is 177 Å². The maximum absolute atomic E-state index is 14.2. The van der Waals surface area contributed by atoms with E-state index in [0.29, 0.717) is 32.0 Å². The van der Waals surface area contributed by atoms with E-state index in [-0.39, 0.29) is 17.6 Å². The van der Waals surface area contributed by atoms with Crippen LogP contribution in [0, 0.1) is 17.6 Å². The van der Waals surface area contributed by atoms with Crippen LogP contribution in [0.25, 0.3) is 0 Å². The highest BCUT2D eigenvalue weighted by molar-refractivity contribution is 7.89. The Balaban J connectivity index is 1.45. The van der Waals surface area contributed by atoms with Gasteiger partial charge in [-0.25, -0.2) is 17.2 Å². The molecule has 3 aliphatic rings. The van der Waals surface area contributed by atoms with Crippen molar-refractivity contribution in [2.24, 2.45) is 11.7 Å². The fourth-order valence-corrected chi connectivity index (χ4v) is 6.75. The summed E-state index contributed by atoms with van der Waals surface area (Å²) >= 11 is 0. The third-order valence-corrected chi connectivity index (χ3v) is 9.16. The molecule has 3 saturated heterocycles. The van der Waals surface area contributed by atoms with Crippen LogP contribution in [0.4, 0.5) is 8.78 Å². The summed E-state index contributed by atoms with van der Waals surface area (Å²) < 4.78 is 61.0. The van der Waals surface area contributed by atoms with Crippen molar-refractivity contribution in [3.63, 3.8) is 0 Å². The topological polar surface area (TPSA) is 75.9 Å². The number of hydrogen-bond acceptors (Lipinski definition) is 5. The summed E-state index contributed by atoms with van der Waals surface area (Å²) in [7, 11) is -3.30. The molecular weight excluding hydrogens is 412 g/mol. The van der Waals surface area contributed by atoms with E-state index in [9.17, 15) is 17.2 Å². The van der Waals surface area contributed by atoms with Crippen molar-refractivity contribution in [2.45, 2.75) is 62.6 Å². The first kappa shape index (κ1) is 22.1. The molecular formula is C21H31F2N3O3S. The fourth-order valence-electron chi connectivity index (χ4n) is 5.21. The minimum Gasteiger partial charge on any atom is -0.370 e. The second-order valence-electron chi connectivity index (χ2n) is 9.10. The van der Waals surface area contributed by atoms with E-state index in [1.165, 1.54) is 0 Å². The van der Waals surface area contributed by atoms with Crippen LogP contribution in [0.15, 0.2) is 18.2 Å². The van der Waals surface area contributed by atoms with Crippen molar-refractivity contribution in [1.82, 2.24) is 9.21 Å². The number of fused-ring (bicyclic) bond motifs is 1. The van der Waals surface area contributed by atoms with Crippen LogP contribution in [0.5, 0.6) is 0 Å². The van der Waals surface area contributed by atoms with Gasteiger partial charge in [0, 0.05) is 43.3 Å². The summed E-state index contributed by atoms with van der Waals surface area (Å²) in [6, 6.07) is 2.90. The summed E-state index contributed by atoms with van der Waals surface area (Å²) in [6.07, 6.45) is 1.81. The van der Waals surface area contributed by atoms with Gasteiger partial charge in [-0.15, -0.1) is 0 Å². The zero-order valence-corrected chi connectivity index (χ0v) is 18.3. The van der Waals surface area contributed by atoms with Gasteiger partial charge in [0.05, 0.1) is 11.9 Å². The normalized spacial score (nSPS) is 33.7. The van der Waals surface area contributed by atoms with Gasteiger partial charge in [0.15, 0.2) is 0 Å². The zero-order valence-electron chi connectivity index (χ0n) is 17.5. The monoisotopic (exact) mass is 443 g/mol. The molecule has 5 atom stereocenters. The van der Waals surface area contributed by atoms with Crippen molar-refractivity contribution < 1.29 is 21.9 Å². The molecule has 1 aromatic rings. The first-order valence-corrected chi connectivity index (χ1v) is 12.3. The molecule has 4 rings (SSSR count). The molecule has 30 heavy (non-hydrogen) atoms. The Morgan fingerprint density at radius 1 is 1.23 bits per heavy atom. The van der Waals surface area contributed by atoms with Crippen molar-refractivity contribution >= 4 is 10.0 Å². The summed E-state index contributed by atoms with van der Waals surface area (Å²) in [5.74, 6) is -0.724. The van der Waals surface area contributed by atoms with E-state index in [1.54, 1.807) is 18.2 Å². The molecule has 0 saturated carbocycles. The quantitative estimate of drug-likeness (QED) is 0.773. The standard InChI is InChI=1S/C21H31F2N3O3S/c1-13(2)30(27,28)26-7-3-4-14-10-25(11-20(14)26)16-9-19(24)21(29-12-16)17-8-15(22)5-6-18(17)23/h5-6,8,13-14,16,19-21H,3-4,7,9-12,24H2,1-2H3. The number of hydrogen-bond donors (Lipinski definition) is 1. The number of sulfonamides is 1. The van der Waals surface area contributed by atoms with E-state index >= 15 is 0 Å². The van der Waals surface area contributed by atoms with Gasteiger partial charge in [0.2, 0.25) is 10.0 Å². The number of piperidine rings is 1. The number of nitrogens with zero attached hydrogens (tertiary/aromatic N) is 2. The predicted octanol–water partition coefficient (Wildman–Crippen LogP) is 2.26. The maximum Gasteiger partial charge on any atom is 0.216 e. The molecule has 5 unspecified atom stereocenters. The number of nitrogens with two attached hydrogens (primary N) is 1. The van der Waals surface area contributed by atoms with Gasteiger partial charge in [-0.1, -0.05) is 0 Å². The molecule has 3 fully saturated rings. The molecule has 3 heterocycles. The van der Waals surface area contributed by atoms with Crippen LogP contribution in [-0.2, 0) is 14.8 Å². The summed E-state index contributed by atoms with van der Waals surface area (Å²) in [4.78, 5) is 2.28. The molecule has 0 bridgehead atoms. The number of rotatable bonds is 4. The Morgan fingerprint density at radius 3 is 2.70 bits per heavy atom. The van der Waals surface area contributed by atoms with Crippen LogP contribution in [0.1, 0.15) is 44.8 Å². The SMILES string of the molecule is CC(C)S(=O)(=O)N1CCCC2CN(C3COC(c4cc(F)ccc4F)C(N)C3)CC21. The lowest BCUT2D eigenvalue weighted by Crippen LogP contribution is -2.51. The Bertz CT molecular complexity index is 882. The number of halogens is 2. The van der Waals surface area contributed by atoms with E-state index in [4.69, 9.17) is 10.5 Å². The van der Waals surface area contributed by atoms with Gasteiger partial charge in [-0.05, 0) is 57.2 Å². The second-order valence-corrected chi connectivity index (χ2v) is 11.5. The maximum atomic E-state index is 14.2. The highest BCUT2D eigenvalue weighted by Crippen LogP contribution is 2.37. The van der Waals surface area contributed by atoms with Gasteiger partial charge >= 0.3 is 0 Å². The Hall–Kier alpha value is -1.13. The minimum absolute atomic E-state index is 0.0132. The van der Waals surface area contributed by atoms with Crippen LogP contribution in [-0.4, -0.2) is 67.2 Å². The predicted molar refractivity (Wildman–Crippen MR) is 110 cm³/mol. The largest absolute Gasteiger partial charge is 0.370 e. The summed E-state index contributed by atoms with van der Waals surface area (Å²) in [6.45, 7) is 5.88. The Kier molecular flexibility index (Phi) is 6.20. The second kappa shape index (κ2) is 8.43. The molecule has 6 nitrogen and oxygen atoms in total. The minimum atomic E-state index is -3.30. The molecule has 9 heteroatoms. The van der Waals surface area contributed by atoms with Crippen LogP contribution < -0.4 is 5.73 Å². The van der Waals surface area contributed by atoms with Gasteiger partial charge in [-0.3, -0.25) is 4.90 Å². The van der Waals surface area contributed by atoms with Crippen LogP contribution >= 0.6 is 0 Å². The molecule has 3 aliphatic heterocycles. The molecule has 0 amide bonds. The number of likely N-dealkylation sites (tertiary alicyclic amines) is 1. The van der Waals surface area contributed by atoms with Crippen molar-refractivity contribution in [3.05, 3.63) is 35.4 Å².